The van der Waals surface area contributed by atoms with Gasteiger partial charge in [0.15, 0.2) is 0 Å². The third-order valence-corrected chi connectivity index (χ3v) is 6.74. The van der Waals surface area contributed by atoms with Crippen molar-refractivity contribution in [2.75, 3.05) is 6.26 Å². The van der Waals surface area contributed by atoms with Gasteiger partial charge in [0.05, 0.1) is 12.1 Å². The van der Waals surface area contributed by atoms with Gasteiger partial charge < -0.3 is 5.32 Å². The van der Waals surface area contributed by atoms with Crippen LogP contribution in [0.5, 0.6) is 0 Å². The van der Waals surface area contributed by atoms with Crippen LogP contribution in [-0.2, 0) is 11.2 Å². The molecule has 1 saturated carbocycles. The van der Waals surface area contributed by atoms with Crippen LogP contribution in [0.3, 0.4) is 0 Å². The lowest BCUT2D eigenvalue weighted by Gasteiger charge is -2.40. The lowest BCUT2D eigenvalue weighted by Crippen LogP contribution is -2.47. The number of aromatic nitrogens is 1. The zero-order valence-corrected chi connectivity index (χ0v) is 16.0. The predicted octanol–water partition coefficient (Wildman–Crippen LogP) is 4.44. The van der Waals surface area contributed by atoms with Crippen LogP contribution >= 0.6 is 23.1 Å². The molecule has 1 heterocycles. The van der Waals surface area contributed by atoms with Crippen LogP contribution in [0.15, 0.2) is 4.34 Å². The molecular weight excluding hydrogens is 312 g/mol. The number of aryl methyl sites for hydroxylation is 1. The Morgan fingerprint density at radius 3 is 2.64 bits per heavy atom. The third kappa shape index (κ3) is 4.48. The molecule has 3 nitrogen and oxygen atoms in total. The maximum absolute atomic E-state index is 12.5. The van der Waals surface area contributed by atoms with Crippen LogP contribution in [0.25, 0.3) is 0 Å². The fraction of sp³-hybridized carbons (Fsp3) is 0.765. The van der Waals surface area contributed by atoms with E-state index in [9.17, 15) is 4.79 Å². The molecule has 1 aromatic heterocycles. The van der Waals surface area contributed by atoms with Crippen molar-refractivity contribution in [1.29, 1.82) is 0 Å². The lowest BCUT2D eigenvalue weighted by molar-refractivity contribution is -0.122. The summed E-state index contributed by atoms with van der Waals surface area (Å²) in [5.74, 6) is 0.732. The van der Waals surface area contributed by atoms with E-state index in [1.54, 1.807) is 23.1 Å². The second-order valence-corrected chi connectivity index (χ2v) is 9.44. The first-order valence-electron chi connectivity index (χ1n) is 8.11. The Morgan fingerprint density at radius 2 is 2.05 bits per heavy atom. The zero-order chi connectivity index (χ0) is 16.3. The van der Waals surface area contributed by atoms with Crippen LogP contribution in [0.2, 0.25) is 0 Å². The summed E-state index contributed by atoms with van der Waals surface area (Å²) in [6.07, 6.45) is 7.36. The van der Waals surface area contributed by atoms with Crippen molar-refractivity contribution in [2.24, 2.45) is 11.3 Å². The van der Waals surface area contributed by atoms with Gasteiger partial charge in [0.25, 0.3) is 0 Å². The molecule has 1 aliphatic rings. The summed E-state index contributed by atoms with van der Waals surface area (Å²) < 4.78 is 1.05. The molecule has 1 N–H and O–H groups in total. The molecule has 2 rings (SSSR count). The van der Waals surface area contributed by atoms with Gasteiger partial charge in [0.2, 0.25) is 5.91 Å². The maximum Gasteiger partial charge on any atom is 0.225 e. The van der Waals surface area contributed by atoms with E-state index in [4.69, 9.17) is 0 Å². The summed E-state index contributed by atoms with van der Waals surface area (Å²) >= 11 is 3.29. The first kappa shape index (κ1) is 17.8. The number of carbonyl (C=O) groups is 1. The minimum absolute atomic E-state index is 0.153. The van der Waals surface area contributed by atoms with E-state index in [1.165, 1.54) is 19.3 Å². The summed E-state index contributed by atoms with van der Waals surface area (Å²) in [6, 6.07) is 0.328. The highest BCUT2D eigenvalue weighted by atomic mass is 32.2. The highest BCUT2D eigenvalue weighted by Crippen LogP contribution is 2.38. The molecule has 5 heteroatoms. The molecule has 0 saturated heterocycles. The van der Waals surface area contributed by atoms with E-state index < -0.39 is 0 Å². The molecule has 1 amide bonds. The van der Waals surface area contributed by atoms with Crippen molar-refractivity contribution in [3.05, 3.63) is 10.6 Å². The van der Waals surface area contributed by atoms with Crippen LogP contribution in [0.4, 0.5) is 0 Å². The van der Waals surface area contributed by atoms with Crippen LogP contribution in [0, 0.1) is 18.3 Å². The first-order valence-corrected chi connectivity index (χ1v) is 10.1. The Kier molecular flexibility index (Phi) is 5.94. The smallest absolute Gasteiger partial charge is 0.225 e. The monoisotopic (exact) mass is 340 g/mol. The van der Waals surface area contributed by atoms with Gasteiger partial charge >= 0.3 is 0 Å². The maximum atomic E-state index is 12.5. The molecule has 124 valence electrons. The normalized spacial score (nSPS) is 22.6. The van der Waals surface area contributed by atoms with Crippen molar-refractivity contribution in [3.63, 3.8) is 0 Å². The zero-order valence-electron chi connectivity index (χ0n) is 14.4. The van der Waals surface area contributed by atoms with E-state index in [-0.39, 0.29) is 11.3 Å². The fourth-order valence-corrected chi connectivity index (χ4v) is 5.05. The van der Waals surface area contributed by atoms with Gasteiger partial charge in [-0.05, 0) is 37.4 Å². The molecule has 2 atom stereocenters. The molecule has 0 spiro atoms. The SMILES string of the molecule is CSc1nc(C)c(CC(=O)N[C@H]2CCCC[C@H]2C(C)(C)C)s1. The van der Waals surface area contributed by atoms with Gasteiger partial charge in [-0.25, -0.2) is 4.98 Å². The van der Waals surface area contributed by atoms with E-state index in [2.05, 4.69) is 31.1 Å². The Morgan fingerprint density at radius 1 is 1.36 bits per heavy atom. The predicted molar refractivity (Wildman–Crippen MR) is 95.7 cm³/mol. The summed E-state index contributed by atoms with van der Waals surface area (Å²) in [5.41, 5.74) is 1.26. The fourth-order valence-electron chi connectivity index (χ4n) is 3.40. The van der Waals surface area contributed by atoms with Gasteiger partial charge in [0.1, 0.15) is 4.34 Å². The Bertz CT molecular complexity index is 519. The van der Waals surface area contributed by atoms with Gasteiger partial charge in [-0.15, -0.1) is 11.3 Å². The minimum Gasteiger partial charge on any atom is -0.353 e. The number of hydrogen-bond acceptors (Lipinski definition) is 4. The van der Waals surface area contributed by atoms with Crippen LogP contribution in [0.1, 0.15) is 57.0 Å². The topological polar surface area (TPSA) is 42.0 Å². The summed E-state index contributed by atoms with van der Waals surface area (Å²) in [7, 11) is 0. The third-order valence-electron chi connectivity index (χ3n) is 4.59. The second-order valence-electron chi connectivity index (χ2n) is 7.30. The van der Waals surface area contributed by atoms with E-state index in [1.807, 2.05) is 13.2 Å². The molecule has 0 unspecified atom stereocenters. The number of rotatable bonds is 4. The van der Waals surface area contributed by atoms with Crippen molar-refractivity contribution < 1.29 is 4.79 Å². The number of amides is 1. The molecule has 0 aromatic carbocycles. The quantitative estimate of drug-likeness (QED) is 0.824. The molecule has 22 heavy (non-hydrogen) atoms. The van der Waals surface area contributed by atoms with E-state index in [0.717, 1.165) is 21.3 Å². The molecular formula is C17H28N2OS2. The number of nitrogens with one attached hydrogen (secondary N) is 1. The molecule has 1 fully saturated rings. The molecule has 0 aliphatic heterocycles. The molecule has 0 radical (unpaired) electrons. The summed E-state index contributed by atoms with van der Waals surface area (Å²) in [6.45, 7) is 8.87. The van der Waals surface area contributed by atoms with Gasteiger partial charge in [-0.3, -0.25) is 4.79 Å². The minimum atomic E-state index is 0.153. The summed E-state index contributed by atoms with van der Waals surface area (Å²) in [5, 5.41) is 3.31. The first-order chi connectivity index (χ1) is 10.3. The van der Waals surface area contributed by atoms with Crippen molar-refractivity contribution >= 4 is 29.0 Å². The highest BCUT2D eigenvalue weighted by molar-refractivity contribution is 8.00. The van der Waals surface area contributed by atoms with Crippen molar-refractivity contribution in [2.45, 2.75) is 70.2 Å². The largest absolute Gasteiger partial charge is 0.353 e. The highest BCUT2D eigenvalue weighted by Gasteiger charge is 2.34. The number of carbonyl (C=O) groups excluding carboxylic acids is 1. The summed E-state index contributed by atoms with van der Waals surface area (Å²) in [4.78, 5) is 18.1. The second kappa shape index (κ2) is 7.35. The Balaban J connectivity index is 1.99. The van der Waals surface area contributed by atoms with Crippen LogP contribution in [-0.4, -0.2) is 23.2 Å². The number of nitrogens with zero attached hydrogens (tertiary/aromatic N) is 1. The Hall–Kier alpha value is -0.550. The van der Waals surface area contributed by atoms with E-state index >= 15 is 0 Å². The average molecular weight is 341 g/mol. The van der Waals surface area contributed by atoms with Gasteiger partial charge in [-0.2, -0.15) is 0 Å². The molecule has 0 bridgehead atoms. The number of hydrogen-bond donors (Lipinski definition) is 1. The Labute approximate surface area is 142 Å². The van der Waals surface area contributed by atoms with Gasteiger partial charge in [-0.1, -0.05) is 45.4 Å². The van der Waals surface area contributed by atoms with Gasteiger partial charge in [0, 0.05) is 10.9 Å². The standard InChI is InChI=1S/C17H28N2OS2/c1-11-14(22-16(18-11)21-5)10-15(20)19-13-9-7-6-8-12(13)17(2,3)4/h12-13H,6-10H2,1-5H3,(H,19,20)/t12-,13+/m1/s1. The molecule has 1 aliphatic carbocycles. The average Bonchev–Trinajstić information content (AvgIpc) is 2.78. The number of thioether (sulfide) groups is 1. The van der Waals surface area contributed by atoms with Crippen LogP contribution < -0.4 is 5.32 Å². The molecule has 1 aromatic rings. The van der Waals surface area contributed by atoms with E-state index in [0.29, 0.717) is 18.4 Å². The lowest BCUT2D eigenvalue weighted by atomic mass is 9.69. The van der Waals surface area contributed by atoms with Crippen molar-refractivity contribution in [3.8, 4) is 0 Å². The number of thiazole rings is 1. The van der Waals surface area contributed by atoms with Crippen molar-refractivity contribution in [1.82, 2.24) is 10.3 Å².